The maximum Gasteiger partial charge on any atom is 0.279 e. The van der Waals surface area contributed by atoms with Gasteiger partial charge >= 0.3 is 0 Å². The van der Waals surface area contributed by atoms with Gasteiger partial charge in [-0.3, -0.25) is 14.9 Å². The zero-order valence-electron chi connectivity index (χ0n) is 18.6. The molecule has 0 bridgehead atoms. The number of hydrogen-bond acceptors (Lipinski definition) is 7. The Morgan fingerprint density at radius 2 is 1.91 bits per heavy atom. The number of amides is 1. The molecule has 0 unspecified atom stereocenters. The highest BCUT2D eigenvalue weighted by atomic mass is 32.2. The molecular formula is C21H24N4O6S2. The number of sulfonamides is 1. The first-order valence-corrected chi connectivity index (χ1v) is 12.3. The van der Waals surface area contributed by atoms with Crippen molar-refractivity contribution in [3.05, 3.63) is 62.9 Å². The number of thiazole rings is 1. The van der Waals surface area contributed by atoms with E-state index in [2.05, 4.69) is 4.99 Å². The topological polar surface area (TPSA) is 124 Å². The predicted molar refractivity (Wildman–Crippen MR) is 125 cm³/mol. The molecule has 2 aromatic carbocycles. The Balaban J connectivity index is 2.01. The van der Waals surface area contributed by atoms with E-state index in [0.29, 0.717) is 23.5 Å². The molecule has 176 valence electrons. The summed E-state index contributed by atoms with van der Waals surface area (Å²) in [6.07, 6.45) is 0. The lowest BCUT2D eigenvalue weighted by atomic mass is 10.2. The molecule has 0 saturated carbocycles. The van der Waals surface area contributed by atoms with Crippen LogP contribution < -0.4 is 4.80 Å². The first kappa shape index (κ1) is 24.7. The molecule has 0 aliphatic rings. The minimum Gasteiger partial charge on any atom is -0.383 e. The van der Waals surface area contributed by atoms with Crippen LogP contribution in [0, 0.1) is 10.1 Å². The standard InChI is InChI=1S/C21H24N4O6S2/c1-14(2)23(3)33(29,30)17-8-5-15(6-9-17)20(26)22-21-24(11-12-31-4)18-13-16(25(27)28)7-10-19(18)32-21/h5-10,13-14H,11-12H2,1-4H3. The van der Waals surface area contributed by atoms with Gasteiger partial charge in [0.2, 0.25) is 10.0 Å². The van der Waals surface area contributed by atoms with Crippen molar-refractivity contribution in [1.29, 1.82) is 0 Å². The normalized spacial score (nSPS) is 12.7. The number of benzene rings is 2. The van der Waals surface area contributed by atoms with Crippen molar-refractivity contribution >= 4 is 43.2 Å². The number of hydrogen-bond donors (Lipinski definition) is 0. The van der Waals surface area contributed by atoms with Gasteiger partial charge in [0.1, 0.15) is 0 Å². The highest BCUT2D eigenvalue weighted by molar-refractivity contribution is 7.89. The van der Waals surface area contributed by atoms with Gasteiger partial charge in [-0.15, -0.1) is 0 Å². The summed E-state index contributed by atoms with van der Waals surface area (Å²) < 4.78 is 34.1. The van der Waals surface area contributed by atoms with Crippen LogP contribution in [-0.2, 0) is 21.3 Å². The number of methoxy groups -OCH3 is 1. The van der Waals surface area contributed by atoms with Gasteiger partial charge in [0.15, 0.2) is 4.80 Å². The fourth-order valence-corrected chi connectivity index (χ4v) is 5.42. The van der Waals surface area contributed by atoms with Crippen molar-refractivity contribution in [3.63, 3.8) is 0 Å². The molecule has 0 spiro atoms. The largest absolute Gasteiger partial charge is 0.383 e. The van der Waals surface area contributed by atoms with Crippen LogP contribution in [0.1, 0.15) is 24.2 Å². The van der Waals surface area contributed by atoms with Crippen LogP contribution >= 0.6 is 11.3 Å². The van der Waals surface area contributed by atoms with E-state index in [4.69, 9.17) is 4.74 Å². The van der Waals surface area contributed by atoms with E-state index < -0.39 is 20.9 Å². The fraction of sp³-hybridized carbons (Fsp3) is 0.333. The molecule has 0 saturated heterocycles. The summed E-state index contributed by atoms with van der Waals surface area (Å²) in [6, 6.07) is 9.85. The zero-order chi connectivity index (χ0) is 24.3. The molecule has 1 aromatic heterocycles. The summed E-state index contributed by atoms with van der Waals surface area (Å²) in [6.45, 7) is 4.22. The Kier molecular flexibility index (Phi) is 7.42. The first-order valence-electron chi connectivity index (χ1n) is 10.00. The molecule has 0 fully saturated rings. The molecule has 0 radical (unpaired) electrons. The molecule has 0 aliphatic carbocycles. The first-order chi connectivity index (χ1) is 15.6. The maximum absolute atomic E-state index is 12.8. The zero-order valence-corrected chi connectivity index (χ0v) is 20.2. The van der Waals surface area contributed by atoms with Gasteiger partial charge < -0.3 is 9.30 Å². The van der Waals surface area contributed by atoms with E-state index in [1.807, 2.05) is 0 Å². The Morgan fingerprint density at radius 1 is 1.24 bits per heavy atom. The van der Waals surface area contributed by atoms with Crippen LogP contribution in [0.2, 0.25) is 0 Å². The lowest BCUT2D eigenvalue weighted by Crippen LogP contribution is -2.33. The molecule has 3 aromatic rings. The van der Waals surface area contributed by atoms with E-state index >= 15 is 0 Å². The molecule has 12 heteroatoms. The minimum atomic E-state index is -3.66. The average Bonchev–Trinajstić information content (AvgIpc) is 3.12. The van der Waals surface area contributed by atoms with E-state index in [-0.39, 0.29) is 22.2 Å². The van der Waals surface area contributed by atoms with Crippen LogP contribution in [0.15, 0.2) is 52.4 Å². The maximum atomic E-state index is 12.8. The number of fused-ring (bicyclic) bond motifs is 1. The van der Waals surface area contributed by atoms with Gasteiger partial charge in [0.05, 0.1) is 26.6 Å². The van der Waals surface area contributed by atoms with E-state index in [0.717, 1.165) is 4.70 Å². The summed E-state index contributed by atoms with van der Waals surface area (Å²) in [4.78, 5) is 28.2. The van der Waals surface area contributed by atoms with Crippen molar-refractivity contribution < 1.29 is 22.9 Å². The molecule has 1 heterocycles. The van der Waals surface area contributed by atoms with Gasteiger partial charge in [-0.05, 0) is 44.2 Å². The third-order valence-corrected chi connectivity index (χ3v) is 8.21. The summed E-state index contributed by atoms with van der Waals surface area (Å²) in [5, 5.41) is 11.2. The summed E-state index contributed by atoms with van der Waals surface area (Å²) >= 11 is 1.23. The second-order valence-electron chi connectivity index (χ2n) is 7.49. The number of carbonyl (C=O) groups excluding carboxylic acids is 1. The van der Waals surface area contributed by atoms with E-state index in [9.17, 15) is 23.3 Å². The van der Waals surface area contributed by atoms with Crippen LogP contribution in [0.4, 0.5) is 5.69 Å². The van der Waals surface area contributed by atoms with Crippen molar-refractivity contribution in [2.24, 2.45) is 4.99 Å². The number of nitro benzene ring substituents is 1. The number of carbonyl (C=O) groups is 1. The average molecular weight is 493 g/mol. The SMILES string of the molecule is COCCn1c(=NC(=O)c2ccc(S(=O)(=O)N(C)C(C)C)cc2)sc2ccc([N+](=O)[O-])cc21. The van der Waals surface area contributed by atoms with E-state index in [1.54, 1.807) is 24.5 Å². The summed E-state index contributed by atoms with van der Waals surface area (Å²) in [5.41, 5.74) is 0.742. The van der Waals surface area contributed by atoms with Crippen LogP contribution in [0.25, 0.3) is 10.2 Å². The number of ether oxygens (including phenoxy) is 1. The smallest absolute Gasteiger partial charge is 0.279 e. The molecule has 3 rings (SSSR count). The highest BCUT2D eigenvalue weighted by Crippen LogP contribution is 2.23. The van der Waals surface area contributed by atoms with Gasteiger partial charge in [-0.2, -0.15) is 9.30 Å². The quantitative estimate of drug-likeness (QED) is 0.352. The number of aromatic nitrogens is 1. The van der Waals surface area contributed by atoms with Crippen molar-refractivity contribution in [1.82, 2.24) is 8.87 Å². The molecule has 0 aliphatic heterocycles. The second-order valence-corrected chi connectivity index (χ2v) is 10.5. The van der Waals surface area contributed by atoms with Gasteiger partial charge in [0, 0.05) is 44.4 Å². The highest BCUT2D eigenvalue weighted by Gasteiger charge is 2.23. The third kappa shape index (κ3) is 5.19. The Bertz CT molecular complexity index is 1360. The van der Waals surface area contributed by atoms with Crippen molar-refractivity contribution in [2.75, 3.05) is 20.8 Å². The van der Waals surface area contributed by atoms with Gasteiger partial charge in [-0.25, -0.2) is 8.42 Å². The Hall–Kier alpha value is -2.93. The number of nitro groups is 1. The number of non-ortho nitro benzene ring substituents is 1. The monoisotopic (exact) mass is 492 g/mol. The second kappa shape index (κ2) is 9.91. The Morgan fingerprint density at radius 3 is 2.48 bits per heavy atom. The van der Waals surface area contributed by atoms with Crippen LogP contribution in [0.3, 0.4) is 0 Å². The lowest BCUT2D eigenvalue weighted by molar-refractivity contribution is -0.384. The van der Waals surface area contributed by atoms with Crippen molar-refractivity contribution in [2.45, 2.75) is 31.3 Å². The van der Waals surface area contributed by atoms with Crippen LogP contribution in [0.5, 0.6) is 0 Å². The molecule has 33 heavy (non-hydrogen) atoms. The van der Waals surface area contributed by atoms with Gasteiger partial charge in [0.25, 0.3) is 11.6 Å². The minimum absolute atomic E-state index is 0.0625. The lowest BCUT2D eigenvalue weighted by Gasteiger charge is -2.20. The van der Waals surface area contributed by atoms with Gasteiger partial charge in [-0.1, -0.05) is 11.3 Å². The third-order valence-electron chi connectivity index (χ3n) is 5.10. The number of rotatable bonds is 8. The molecule has 1 amide bonds. The summed E-state index contributed by atoms with van der Waals surface area (Å²) in [7, 11) is -0.632. The summed E-state index contributed by atoms with van der Waals surface area (Å²) in [5.74, 6) is -0.552. The predicted octanol–water partition coefficient (Wildman–Crippen LogP) is 3.03. The van der Waals surface area contributed by atoms with Crippen molar-refractivity contribution in [3.8, 4) is 0 Å². The van der Waals surface area contributed by atoms with Crippen LogP contribution in [-0.4, -0.2) is 54.9 Å². The molecule has 10 nitrogen and oxygen atoms in total. The molecule has 0 atom stereocenters. The Labute approximate surface area is 195 Å². The number of nitrogens with zero attached hydrogens (tertiary/aromatic N) is 4. The fourth-order valence-electron chi connectivity index (χ4n) is 3.02. The molecular weight excluding hydrogens is 468 g/mol. The van der Waals surface area contributed by atoms with E-state index in [1.165, 1.54) is 66.2 Å². The molecule has 0 N–H and O–H groups in total.